The second-order valence-electron chi connectivity index (χ2n) is 4.26. The van der Waals surface area contributed by atoms with Crippen LogP contribution in [0.4, 0.5) is 0 Å². The minimum absolute atomic E-state index is 0. The number of hydrogen-bond acceptors (Lipinski definition) is 2. The van der Waals surface area contributed by atoms with Crippen molar-refractivity contribution in [3.8, 4) is 0 Å². The first-order chi connectivity index (χ1) is 6.75. The molecule has 0 bridgehead atoms. The fourth-order valence-electron chi connectivity index (χ4n) is 2.13. The summed E-state index contributed by atoms with van der Waals surface area (Å²) in [5.74, 6) is 0.818. The number of nitrogens with zero attached hydrogens (tertiary/aromatic N) is 1. The number of hydrogen-bond donors (Lipinski definition) is 1. The molecular weight excluding hydrogens is 204 g/mol. The van der Waals surface area contributed by atoms with E-state index in [1.54, 1.807) is 0 Å². The Morgan fingerprint density at radius 1 is 1.40 bits per heavy atom. The Morgan fingerprint density at radius 2 is 2.20 bits per heavy atom. The molecule has 1 aliphatic rings. The van der Waals surface area contributed by atoms with Crippen LogP contribution in [0.5, 0.6) is 0 Å². The van der Waals surface area contributed by atoms with Crippen molar-refractivity contribution in [1.29, 1.82) is 0 Å². The monoisotopic (exact) mass is 224 g/mol. The van der Waals surface area contributed by atoms with Gasteiger partial charge in [-0.3, -0.25) is 4.98 Å². The van der Waals surface area contributed by atoms with Gasteiger partial charge in [-0.2, -0.15) is 13.5 Å². The average Bonchev–Trinajstić information content (AvgIpc) is 2.62. The Labute approximate surface area is 98.9 Å². The second-order valence-corrected chi connectivity index (χ2v) is 4.26. The van der Waals surface area contributed by atoms with Crippen LogP contribution in [0.15, 0.2) is 12.1 Å². The molecule has 2 rings (SSSR count). The van der Waals surface area contributed by atoms with Crippen molar-refractivity contribution in [2.45, 2.75) is 26.7 Å². The van der Waals surface area contributed by atoms with Crippen LogP contribution in [-0.2, 0) is 6.42 Å². The van der Waals surface area contributed by atoms with E-state index in [2.05, 4.69) is 29.4 Å². The Balaban J connectivity index is 0.00000112. The number of rotatable bonds is 2. The topological polar surface area (TPSA) is 24.9 Å². The zero-order chi connectivity index (χ0) is 9.97. The quantitative estimate of drug-likeness (QED) is 0.830. The van der Waals surface area contributed by atoms with Crippen LogP contribution < -0.4 is 5.32 Å². The van der Waals surface area contributed by atoms with Gasteiger partial charge in [0.1, 0.15) is 0 Å². The van der Waals surface area contributed by atoms with Gasteiger partial charge >= 0.3 is 0 Å². The maximum absolute atomic E-state index is 4.50. The van der Waals surface area contributed by atoms with Crippen LogP contribution in [0.2, 0.25) is 0 Å². The largest absolute Gasteiger partial charge is 0.316 e. The summed E-state index contributed by atoms with van der Waals surface area (Å²) in [6, 6.07) is 4.35. The molecule has 1 aliphatic heterocycles. The lowest BCUT2D eigenvalue weighted by atomic mass is 9.98. The van der Waals surface area contributed by atoms with Crippen LogP contribution in [0.25, 0.3) is 0 Å². The Kier molecular flexibility index (Phi) is 4.61. The van der Waals surface area contributed by atoms with Crippen LogP contribution in [-0.4, -0.2) is 18.1 Å². The van der Waals surface area contributed by atoms with Crippen molar-refractivity contribution in [1.82, 2.24) is 10.3 Å². The fraction of sp³-hybridized carbons (Fsp3) is 0.583. The molecule has 1 aromatic heterocycles. The molecule has 0 aromatic carbocycles. The summed E-state index contributed by atoms with van der Waals surface area (Å²) in [6.07, 6.45) is 2.50. The van der Waals surface area contributed by atoms with Crippen molar-refractivity contribution in [3.05, 3.63) is 29.1 Å². The smallest absolute Gasteiger partial charge is 0.0407 e. The lowest BCUT2D eigenvalue weighted by molar-refractivity contribution is 0.577. The van der Waals surface area contributed by atoms with Gasteiger partial charge in [-0.15, -0.1) is 0 Å². The molecule has 2 nitrogen and oxygen atoms in total. The van der Waals surface area contributed by atoms with Crippen molar-refractivity contribution in [2.75, 3.05) is 13.1 Å². The molecule has 0 spiro atoms. The number of aromatic nitrogens is 1. The van der Waals surface area contributed by atoms with E-state index >= 15 is 0 Å². The molecule has 0 radical (unpaired) electrons. The van der Waals surface area contributed by atoms with Crippen LogP contribution in [0.1, 0.15) is 23.4 Å². The lowest BCUT2D eigenvalue weighted by Crippen LogP contribution is -2.11. The van der Waals surface area contributed by atoms with Crippen LogP contribution in [0.3, 0.4) is 0 Å². The maximum Gasteiger partial charge on any atom is 0.0407 e. The third-order valence-electron chi connectivity index (χ3n) is 3.01. The van der Waals surface area contributed by atoms with E-state index in [0.717, 1.165) is 11.6 Å². The standard InChI is InChI=1S/C12H18N2.H2S/c1-9-3-4-12(10(2)14-9)7-11-5-6-13-8-11;/h3-4,11,13H,5-8H2,1-2H3;1H2. The maximum atomic E-state index is 4.50. The normalized spacial score (nSPS) is 20.0. The van der Waals surface area contributed by atoms with Crippen molar-refractivity contribution < 1.29 is 0 Å². The van der Waals surface area contributed by atoms with E-state index in [4.69, 9.17) is 0 Å². The molecule has 2 heterocycles. The molecule has 1 N–H and O–H groups in total. The minimum Gasteiger partial charge on any atom is -0.316 e. The molecule has 15 heavy (non-hydrogen) atoms. The van der Waals surface area contributed by atoms with Gasteiger partial charge in [0.25, 0.3) is 0 Å². The highest BCUT2D eigenvalue weighted by Gasteiger charge is 2.15. The number of pyridine rings is 1. The predicted molar refractivity (Wildman–Crippen MR) is 68.8 cm³/mol. The van der Waals surface area contributed by atoms with Gasteiger partial charge in [0.15, 0.2) is 0 Å². The summed E-state index contributed by atoms with van der Waals surface area (Å²) < 4.78 is 0. The third kappa shape index (κ3) is 3.21. The highest BCUT2D eigenvalue weighted by Crippen LogP contribution is 2.17. The molecule has 0 aliphatic carbocycles. The lowest BCUT2D eigenvalue weighted by Gasteiger charge is -2.10. The molecule has 1 saturated heterocycles. The number of nitrogens with one attached hydrogen (secondary N) is 1. The molecule has 0 saturated carbocycles. The van der Waals surface area contributed by atoms with Gasteiger partial charge < -0.3 is 5.32 Å². The second kappa shape index (κ2) is 5.52. The first kappa shape index (κ1) is 12.5. The van der Waals surface area contributed by atoms with Crippen molar-refractivity contribution >= 4 is 13.5 Å². The van der Waals surface area contributed by atoms with E-state index in [0.29, 0.717) is 0 Å². The summed E-state index contributed by atoms with van der Waals surface area (Å²) >= 11 is 0. The van der Waals surface area contributed by atoms with Crippen molar-refractivity contribution in [3.63, 3.8) is 0 Å². The third-order valence-corrected chi connectivity index (χ3v) is 3.01. The Morgan fingerprint density at radius 3 is 2.80 bits per heavy atom. The van der Waals surface area contributed by atoms with E-state index in [1.165, 1.54) is 37.2 Å². The summed E-state index contributed by atoms with van der Waals surface area (Å²) in [7, 11) is 0. The van der Waals surface area contributed by atoms with E-state index < -0.39 is 0 Å². The van der Waals surface area contributed by atoms with Crippen molar-refractivity contribution in [2.24, 2.45) is 5.92 Å². The molecule has 3 heteroatoms. The van der Waals surface area contributed by atoms with Gasteiger partial charge in [0, 0.05) is 11.4 Å². The van der Waals surface area contributed by atoms with E-state index in [1.807, 2.05) is 6.92 Å². The molecule has 1 unspecified atom stereocenters. The molecule has 1 atom stereocenters. The molecule has 0 amide bonds. The van der Waals surface area contributed by atoms with Gasteiger partial charge in [-0.05, 0) is 57.3 Å². The van der Waals surface area contributed by atoms with Gasteiger partial charge in [-0.1, -0.05) is 6.07 Å². The summed E-state index contributed by atoms with van der Waals surface area (Å²) in [6.45, 7) is 6.52. The summed E-state index contributed by atoms with van der Waals surface area (Å²) in [5, 5.41) is 3.40. The zero-order valence-corrected chi connectivity index (χ0v) is 10.5. The SMILES string of the molecule is Cc1ccc(CC2CCNC2)c(C)n1.S. The van der Waals surface area contributed by atoms with Gasteiger partial charge in [0.05, 0.1) is 0 Å². The van der Waals surface area contributed by atoms with E-state index in [9.17, 15) is 0 Å². The predicted octanol–water partition coefficient (Wildman–Crippen LogP) is 1.96. The molecule has 1 fully saturated rings. The number of aryl methyl sites for hydroxylation is 2. The summed E-state index contributed by atoms with van der Waals surface area (Å²) in [4.78, 5) is 4.50. The fourth-order valence-corrected chi connectivity index (χ4v) is 2.13. The highest BCUT2D eigenvalue weighted by molar-refractivity contribution is 7.59. The average molecular weight is 224 g/mol. The molecule has 1 aromatic rings. The van der Waals surface area contributed by atoms with Crippen LogP contribution in [0, 0.1) is 19.8 Å². The zero-order valence-electron chi connectivity index (χ0n) is 9.51. The summed E-state index contributed by atoms with van der Waals surface area (Å²) in [5.41, 5.74) is 3.75. The minimum atomic E-state index is 0. The van der Waals surface area contributed by atoms with Crippen LogP contribution >= 0.6 is 13.5 Å². The highest BCUT2D eigenvalue weighted by atomic mass is 32.1. The Hall–Kier alpha value is -0.540. The Bertz CT molecular complexity index is 319. The first-order valence-electron chi connectivity index (χ1n) is 5.39. The first-order valence-corrected chi connectivity index (χ1v) is 5.39. The molecular formula is C12H20N2S. The van der Waals surface area contributed by atoms with Gasteiger partial charge in [0.2, 0.25) is 0 Å². The van der Waals surface area contributed by atoms with Gasteiger partial charge in [-0.25, -0.2) is 0 Å². The van der Waals surface area contributed by atoms with E-state index in [-0.39, 0.29) is 13.5 Å². The molecule has 84 valence electrons.